The number of hydrogen-bond donors (Lipinski definition) is 0. The van der Waals surface area contributed by atoms with E-state index in [1.807, 2.05) is 55.5 Å². The highest BCUT2D eigenvalue weighted by molar-refractivity contribution is 6.70. The van der Waals surface area contributed by atoms with Crippen LogP contribution in [0.3, 0.4) is 0 Å². The molecule has 0 N–H and O–H groups in total. The molecular weight excluding hydrogens is 270 g/mol. The summed E-state index contributed by atoms with van der Waals surface area (Å²) in [5, 5.41) is 0.376. The summed E-state index contributed by atoms with van der Waals surface area (Å²) in [7, 11) is 0. The van der Waals surface area contributed by atoms with Crippen molar-refractivity contribution >= 4 is 22.5 Å². The molecule has 0 saturated carbocycles. The predicted molar refractivity (Wildman–Crippen MR) is 84.0 cm³/mol. The van der Waals surface area contributed by atoms with Crippen LogP contribution in [0.2, 0.25) is 0 Å². The summed E-state index contributed by atoms with van der Waals surface area (Å²) < 4.78 is 5.46. The molecule has 2 aromatic carbocycles. The van der Waals surface area contributed by atoms with E-state index in [4.69, 9.17) is 22.8 Å². The quantitative estimate of drug-likeness (QED) is 0.605. The summed E-state index contributed by atoms with van der Waals surface area (Å²) in [4.78, 5) is 4.39. The molecule has 0 saturated heterocycles. The van der Waals surface area contributed by atoms with Gasteiger partial charge in [-0.15, -0.1) is 6.42 Å². The van der Waals surface area contributed by atoms with Gasteiger partial charge < -0.3 is 4.74 Å². The Bertz CT molecular complexity index is 653. The van der Waals surface area contributed by atoms with Gasteiger partial charge in [-0.3, -0.25) is 0 Å². The molecule has 0 aliphatic carbocycles. The molecule has 100 valence electrons. The van der Waals surface area contributed by atoms with Gasteiger partial charge in [0.05, 0.1) is 11.3 Å². The molecule has 0 atom stereocenters. The Balaban J connectivity index is 2.30. The van der Waals surface area contributed by atoms with Gasteiger partial charge in [-0.2, -0.15) is 0 Å². The van der Waals surface area contributed by atoms with Crippen molar-refractivity contribution in [3.8, 4) is 18.1 Å². The molecule has 2 rings (SSSR count). The van der Waals surface area contributed by atoms with Crippen LogP contribution in [0.15, 0.2) is 53.5 Å². The Morgan fingerprint density at radius 3 is 2.60 bits per heavy atom. The minimum absolute atomic E-state index is 0.200. The number of benzene rings is 2. The topological polar surface area (TPSA) is 21.6 Å². The first kappa shape index (κ1) is 14.2. The number of aliphatic imine (C=N–C) groups is 1. The van der Waals surface area contributed by atoms with E-state index >= 15 is 0 Å². The van der Waals surface area contributed by atoms with Crippen molar-refractivity contribution in [2.75, 3.05) is 6.61 Å². The van der Waals surface area contributed by atoms with E-state index in [1.165, 1.54) is 5.56 Å². The normalized spacial score (nSPS) is 10.9. The van der Waals surface area contributed by atoms with Crippen LogP contribution >= 0.6 is 11.6 Å². The lowest BCUT2D eigenvalue weighted by Crippen LogP contribution is -2.00. The number of halogens is 1. The fourth-order valence-corrected chi connectivity index (χ4v) is 1.93. The molecular formula is C17H14ClNO. The fraction of sp³-hybridized carbons (Fsp3) is 0.118. The summed E-state index contributed by atoms with van der Waals surface area (Å²) in [6.45, 7) is 2.23. The molecule has 0 amide bonds. The molecule has 3 heteroatoms. The van der Waals surface area contributed by atoms with Gasteiger partial charge in [-0.25, -0.2) is 4.99 Å². The zero-order valence-corrected chi connectivity index (χ0v) is 11.9. The van der Waals surface area contributed by atoms with E-state index in [9.17, 15) is 0 Å². The van der Waals surface area contributed by atoms with Gasteiger partial charge in [-0.1, -0.05) is 47.4 Å². The first-order chi connectivity index (χ1) is 9.70. The van der Waals surface area contributed by atoms with Crippen LogP contribution < -0.4 is 4.74 Å². The predicted octanol–water partition coefficient (Wildman–Crippen LogP) is 4.32. The molecule has 0 aliphatic rings. The van der Waals surface area contributed by atoms with E-state index in [0.717, 1.165) is 11.3 Å². The van der Waals surface area contributed by atoms with Crippen molar-refractivity contribution in [1.82, 2.24) is 0 Å². The SMILES string of the molecule is C#CCOc1ccccc1C(Cl)=Nc1ccc(C)cc1. The second-order valence-corrected chi connectivity index (χ2v) is 4.59. The van der Waals surface area contributed by atoms with Crippen LogP contribution in [0.4, 0.5) is 5.69 Å². The number of aryl methyl sites for hydroxylation is 1. The Hall–Kier alpha value is -2.24. The number of terminal acetylenes is 1. The molecule has 0 bridgehead atoms. The Morgan fingerprint density at radius 1 is 1.20 bits per heavy atom. The second kappa shape index (κ2) is 6.79. The lowest BCUT2D eigenvalue weighted by molar-refractivity contribution is 0.370. The molecule has 20 heavy (non-hydrogen) atoms. The maximum atomic E-state index is 6.28. The first-order valence-corrected chi connectivity index (χ1v) is 6.55. The van der Waals surface area contributed by atoms with Gasteiger partial charge in [0.1, 0.15) is 17.5 Å². The Labute approximate surface area is 124 Å². The third kappa shape index (κ3) is 3.63. The minimum Gasteiger partial charge on any atom is -0.480 e. The maximum Gasteiger partial charge on any atom is 0.148 e. The van der Waals surface area contributed by atoms with Gasteiger partial charge in [0, 0.05) is 0 Å². The highest BCUT2D eigenvalue weighted by Crippen LogP contribution is 2.23. The van der Waals surface area contributed by atoms with Crippen molar-refractivity contribution in [2.45, 2.75) is 6.92 Å². The van der Waals surface area contributed by atoms with Crippen molar-refractivity contribution in [2.24, 2.45) is 4.99 Å². The Morgan fingerprint density at radius 2 is 1.90 bits per heavy atom. The van der Waals surface area contributed by atoms with E-state index in [0.29, 0.717) is 10.9 Å². The molecule has 0 fully saturated rings. The fourth-order valence-electron chi connectivity index (χ4n) is 1.68. The van der Waals surface area contributed by atoms with Crippen molar-refractivity contribution in [3.63, 3.8) is 0 Å². The van der Waals surface area contributed by atoms with Gasteiger partial charge >= 0.3 is 0 Å². The molecule has 0 heterocycles. The molecule has 2 nitrogen and oxygen atoms in total. The molecule has 0 spiro atoms. The smallest absolute Gasteiger partial charge is 0.148 e. The zero-order chi connectivity index (χ0) is 14.4. The summed E-state index contributed by atoms with van der Waals surface area (Å²) >= 11 is 6.28. The van der Waals surface area contributed by atoms with Crippen LogP contribution in [-0.2, 0) is 0 Å². The maximum absolute atomic E-state index is 6.28. The van der Waals surface area contributed by atoms with Crippen LogP contribution in [0.1, 0.15) is 11.1 Å². The molecule has 0 aromatic heterocycles. The van der Waals surface area contributed by atoms with E-state index < -0.39 is 0 Å². The standard InChI is InChI=1S/C17H14ClNO/c1-3-12-20-16-7-5-4-6-15(16)17(18)19-14-10-8-13(2)9-11-14/h1,4-11H,12H2,2H3. The average molecular weight is 284 g/mol. The van der Waals surface area contributed by atoms with Crippen LogP contribution in [0.25, 0.3) is 0 Å². The second-order valence-electron chi connectivity index (χ2n) is 4.23. The third-order valence-corrected chi connectivity index (χ3v) is 2.97. The largest absolute Gasteiger partial charge is 0.480 e. The monoisotopic (exact) mass is 283 g/mol. The van der Waals surface area contributed by atoms with Gasteiger partial charge in [-0.05, 0) is 31.2 Å². The highest BCUT2D eigenvalue weighted by atomic mass is 35.5. The molecule has 0 unspecified atom stereocenters. The number of ether oxygens (including phenoxy) is 1. The molecule has 0 aliphatic heterocycles. The van der Waals surface area contributed by atoms with Crippen molar-refractivity contribution in [1.29, 1.82) is 0 Å². The summed E-state index contributed by atoms with van der Waals surface area (Å²) in [6, 6.07) is 15.2. The number of nitrogens with zero attached hydrogens (tertiary/aromatic N) is 1. The van der Waals surface area contributed by atoms with Crippen LogP contribution in [-0.4, -0.2) is 11.8 Å². The van der Waals surface area contributed by atoms with E-state index in [-0.39, 0.29) is 6.61 Å². The Kier molecular flexibility index (Phi) is 4.81. The van der Waals surface area contributed by atoms with Gasteiger partial charge in [0.2, 0.25) is 0 Å². The summed E-state index contributed by atoms with van der Waals surface area (Å²) in [5.74, 6) is 3.06. The third-order valence-electron chi connectivity index (χ3n) is 2.68. The number of para-hydroxylation sites is 1. The van der Waals surface area contributed by atoms with Crippen LogP contribution in [0, 0.1) is 19.3 Å². The minimum atomic E-state index is 0.200. The summed E-state index contributed by atoms with van der Waals surface area (Å²) in [5.41, 5.74) is 2.70. The van der Waals surface area contributed by atoms with Gasteiger partial charge in [0.25, 0.3) is 0 Å². The zero-order valence-electron chi connectivity index (χ0n) is 11.1. The van der Waals surface area contributed by atoms with Crippen molar-refractivity contribution in [3.05, 3.63) is 59.7 Å². The molecule has 2 aromatic rings. The lowest BCUT2D eigenvalue weighted by atomic mass is 10.2. The van der Waals surface area contributed by atoms with Gasteiger partial charge in [0.15, 0.2) is 0 Å². The summed E-state index contributed by atoms with van der Waals surface area (Å²) in [6.07, 6.45) is 5.20. The van der Waals surface area contributed by atoms with E-state index in [1.54, 1.807) is 0 Å². The number of hydrogen-bond acceptors (Lipinski definition) is 2. The number of rotatable bonds is 4. The lowest BCUT2D eigenvalue weighted by Gasteiger charge is -2.08. The van der Waals surface area contributed by atoms with E-state index in [2.05, 4.69) is 10.9 Å². The first-order valence-electron chi connectivity index (χ1n) is 6.17. The average Bonchev–Trinajstić information content (AvgIpc) is 2.47. The molecule has 0 radical (unpaired) electrons. The highest BCUT2D eigenvalue weighted by Gasteiger charge is 2.07. The van der Waals surface area contributed by atoms with Crippen LogP contribution in [0.5, 0.6) is 5.75 Å². The van der Waals surface area contributed by atoms with Crippen molar-refractivity contribution < 1.29 is 4.74 Å².